The lowest BCUT2D eigenvalue weighted by Crippen LogP contribution is -2.12. The van der Waals surface area contributed by atoms with Crippen LogP contribution in [-0.2, 0) is 0 Å². The number of hydrogen-bond donors (Lipinski definition) is 0. The number of alkyl halides is 1. The Morgan fingerprint density at radius 2 is 1.60 bits per heavy atom. The smallest absolute Gasteiger partial charge is 0.164 e. The zero-order chi connectivity index (χ0) is 14.4. The summed E-state index contributed by atoms with van der Waals surface area (Å²) in [5.41, 5.74) is 7.79. The molecule has 1 nitrogen and oxygen atoms in total. The van der Waals surface area contributed by atoms with Gasteiger partial charge in [0.15, 0.2) is 5.01 Å². The van der Waals surface area contributed by atoms with Gasteiger partial charge in [0.2, 0.25) is 0 Å². The fourth-order valence-corrected chi connectivity index (χ4v) is 3.77. The van der Waals surface area contributed by atoms with Crippen LogP contribution >= 0.6 is 15.9 Å². The molecule has 2 unspecified atom stereocenters. The van der Waals surface area contributed by atoms with Crippen molar-refractivity contribution in [3.8, 4) is 5.75 Å². The van der Waals surface area contributed by atoms with E-state index in [-0.39, 0.29) is 10.9 Å². The van der Waals surface area contributed by atoms with Crippen molar-refractivity contribution in [3.63, 3.8) is 0 Å². The van der Waals surface area contributed by atoms with Crippen molar-refractivity contribution in [1.29, 1.82) is 0 Å². The van der Waals surface area contributed by atoms with Crippen LogP contribution in [0.5, 0.6) is 5.75 Å². The Labute approximate surface area is 129 Å². The number of ether oxygens (including phenoxy) is 1. The Morgan fingerprint density at radius 3 is 2.25 bits per heavy atom. The van der Waals surface area contributed by atoms with E-state index in [4.69, 9.17) is 4.74 Å². The summed E-state index contributed by atoms with van der Waals surface area (Å²) in [6, 6.07) is 11.0. The van der Waals surface area contributed by atoms with Crippen LogP contribution in [0.1, 0.15) is 39.3 Å². The van der Waals surface area contributed by atoms with Gasteiger partial charge in [0.05, 0.1) is 5.92 Å². The molecule has 0 bridgehead atoms. The maximum Gasteiger partial charge on any atom is 0.164 e. The third-order valence-corrected chi connectivity index (χ3v) is 4.99. The average molecular weight is 331 g/mol. The van der Waals surface area contributed by atoms with Gasteiger partial charge in [-0.15, -0.1) is 0 Å². The van der Waals surface area contributed by atoms with Crippen molar-refractivity contribution in [2.24, 2.45) is 0 Å². The van der Waals surface area contributed by atoms with Crippen molar-refractivity contribution >= 4 is 15.9 Å². The number of aryl methyl sites for hydroxylation is 3. The molecule has 2 heteroatoms. The van der Waals surface area contributed by atoms with Gasteiger partial charge >= 0.3 is 0 Å². The average Bonchev–Trinajstić information content (AvgIpc) is 2.75. The van der Waals surface area contributed by atoms with Gasteiger partial charge in [0, 0.05) is 5.56 Å². The molecule has 2 aromatic rings. The summed E-state index contributed by atoms with van der Waals surface area (Å²) < 4.78 is 6.11. The Hall–Kier alpha value is -1.28. The molecular formula is C18H19BrO. The van der Waals surface area contributed by atoms with E-state index >= 15 is 0 Å². The number of rotatable bonds is 1. The van der Waals surface area contributed by atoms with Crippen LogP contribution in [0.4, 0.5) is 0 Å². The van der Waals surface area contributed by atoms with Crippen molar-refractivity contribution in [1.82, 2.24) is 0 Å². The Kier molecular flexibility index (Phi) is 3.37. The first kappa shape index (κ1) is 13.7. The molecule has 1 heterocycles. The molecular weight excluding hydrogens is 312 g/mol. The van der Waals surface area contributed by atoms with E-state index in [0.29, 0.717) is 0 Å². The van der Waals surface area contributed by atoms with Gasteiger partial charge in [-0.05, 0) is 65.9 Å². The van der Waals surface area contributed by atoms with Crippen LogP contribution in [0.2, 0.25) is 0 Å². The topological polar surface area (TPSA) is 9.23 Å². The minimum Gasteiger partial charge on any atom is -0.478 e. The first-order valence-corrected chi connectivity index (χ1v) is 7.88. The summed E-state index contributed by atoms with van der Waals surface area (Å²) in [4.78, 5) is 0. The molecule has 2 aromatic carbocycles. The van der Waals surface area contributed by atoms with Crippen molar-refractivity contribution in [2.75, 3.05) is 0 Å². The SMILES string of the molecule is Cc1ccc(C2c3c(C)cc(C)c(C)c3OC2Br)cc1. The van der Waals surface area contributed by atoms with Gasteiger partial charge in [-0.1, -0.05) is 35.9 Å². The van der Waals surface area contributed by atoms with Crippen LogP contribution in [0.3, 0.4) is 0 Å². The molecule has 0 aromatic heterocycles. The van der Waals surface area contributed by atoms with Crippen LogP contribution in [0.15, 0.2) is 30.3 Å². The summed E-state index contributed by atoms with van der Waals surface area (Å²) in [5.74, 6) is 1.33. The number of hydrogen-bond acceptors (Lipinski definition) is 1. The van der Waals surface area contributed by atoms with Crippen LogP contribution in [-0.4, -0.2) is 5.01 Å². The van der Waals surface area contributed by atoms with Crippen LogP contribution in [0, 0.1) is 27.7 Å². The molecule has 1 aliphatic heterocycles. The van der Waals surface area contributed by atoms with E-state index in [9.17, 15) is 0 Å². The molecule has 0 saturated carbocycles. The van der Waals surface area contributed by atoms with Gasteiger partial charge in [-0.25, -0.2) is 0 Å². The highest BCUT2D eigenvalue weighted by Crippen LogP contribution is 2.48. The number of halogens is 1. The molecule has 0 N–H and O–H groups in total. The van der Waals surface area contributed by atoms with E-state index in [0.717, 1.165) is 5.75 Å². The van der Waals surface area contributed by atoms with Gasteiger partial charge in [-0.3, -0.25) is 0 Å². The predicted octanol–water partition coefficient (Wildman–Crippen LogP) is 5.17. The highest BCUT2D eigenvalue weighted by molar-refractivity contribution is 9.09. The fourth-order valence-electron chi connectivity index (χ4n) is 3.01. The minimum absolute atomic E-state index is 0.0133. The molecule has 1 aliphatic rings. The van der Waals surface area contributed by atoms with E-state index in [1.165, 1.54) is 33.4 Å². The second-order valence-corrected chi connectivity index (χ2v) is 6.64. The molecule has 20 heavy (non-hydrogen) atoms. The maximum absolute atomic E-state index is 6.11. The van der Waals surface area contributed by atoms with E-state index in [2.05, 4.69) is 74.0 Å². The molecule has 0 spiro atoms. The molecule has 104 valence electrons. The molecule has 0 radical (unpaired) electrons. The summed E-state index contributed by atoms with van der Waals surface area (Å²) >= 11 is 3.71. The van der Waals surface area contributed by atoms with Gasteiger partial charge < -0.3 is 4.74 Å². The zero-order valence-electron chi connectivity index (χ0n) is 12.3. The molecule has 2 atom stereocenters. The van der Waals surface area contributed by atoms with Gasteiger partial charge in [0.25, 0.3) is 0 Å². The van der Waals surface area contributed by atoms with Crippen molar-refractivity contribution < 1.29 is 4.74 Å². The van der Waals surface area contributed by atoms with Gasteiger partial charge in [0.1, 0.15) is 5.75 Å². The minimum atomic E-state index is 0.0133. The quantitative estimate of drug-likeness (QED) is 0.656. The fraction of sp³-hybridized carbons (Fsp3) is 0.333. The molecule has 0 fully saturated rings. The Morgan fingerprint density at radius 1 is 0.950 bits per heavy atom. The zero-order valence-corrected chi connectivity index (χ0v) is 13.9. The second-order valence-electron chi connectivity index (χ2n) is 5.74. The van der Waals surface area contributed by atoms with E-state index in [1.54, 1.807) is 0 Å². The highest BCUT2D eigenvalue weighted by Gasteiger charge is 2.36. The number of benzene rings is 2. The number of fused-ring (bicyclic) bond motifs is 1. The third kappa shape index (κ3) is 2.07. The van der Waals surface area contributed by atoms with Gasteiger partial charge in [-0.2, -0.15) is 0 Å². The standard InChI is InChI=1S/C18H19BrO/c1-10-5-7-14(8-6-10)16-15-12(3)9-11(2)13(4)17(15)20-18(16)19/h5-9,16,18H,1-4H3. The van der Waals surface area contributed by atoms with E-state index < -0.39 is 0 Å². The first-order valence-electron chi connectivity index (χ1n) is 6.97. The van der Waals surface area contributed by atoms with E-state index in [1.807, 2.05) is 0 Å². The molecule has 0 saturated heterocycles. The molecule has 3 rings (SSSR count). The maximum atomic E-state index is 6.11. The molecule has 0 amide bonds. The monoisotopic (exact) mass is 330 g/mol. The lowest BCUT2D eigenvalue weighted by Gasteiger charge is -2.16. The summed E-state index contributed by atoms with van der Waals surface area (Å²) in [7, 11) is 0. The predicted molar refractivity (Wildman–Crippen MR) is 87.0 cm³/mol. The summed E-state index contributed by atoms with van der Waals surface area (Å²) in [6.45, 7) is 8.59. The highest BCUT2D eigenvalue weighted by atomic mass is 79.9. The summed E-state index contributed by atoms with van der Waals surface area (Å²) in [5, 5.41) is 0.0133. The van der Waals surface area contributed by atoms with Crippen molar-refractivity contribution in [3.05, 3.63) is 63.7 Å². The van der Waals surface area contributed by atoms with Crippen molar-refractivity contribution in [2.45, 2.75) is 38.6 Å². The second kappa shape index (κ2) is 4.92. The largest absolute Gasteiger partial charge is 0.478 e. The molecule has 0 aliphatic carbocycles. The lowest BCUT2D eigenvalue weighted by molar-refractivity contribution is 0.313. The van der Waals surface area contributed by atoms with Crippen LogP contribution < -0.4 is 4.74 Å². The van der Waals surface area contributed by atoms with Crippen LogP contribution in [0.25, 0.3) is 0 Å². The third-order valence-electron chi connectivity index (χ3n) is 4.27. The normalized spacial score (nSPS) is 20.6. The Bertz CT molecular complexity index is 658. The summed E-state index contributed by atoms with van der Waals surface area (Å²) in [6.07, 6.45) is 0. The first-order chi connectivity index (χ1) is 9.49. The lowest BCUT2D eigenvalue weighted by atomic mass is 9.87. The Balaban J connectivity index is 2.17.